The monoisotopic (exact) mass is 232 g/mol. The molecule has 0 aliphatic carbocycles. The first-order valence-electron chi connectivity index (χ1n) is 4.38. The topological polar surface area (TPSA) is 118 Å². The van der Waals surface area contributed by atoms with E-state index in [2.05, 4.69) is 4.74 Å². The average Bonchev–Trinajstić information content (AvgIpc) is 2.12. The number of hydrogen-bond acceptors (Lipinski definition) is 5. The smallest absolute Gasteiger partial charge is 0.375 e. The zero-order chi connectivity index (χ0) is 12.9. The number of Topliss-reactive ketones (excluding diaryl/α,β-unsaturated/α-hetero) is 1. The van der Waals surface area contributed by atoms with Gasteiger partial charge in [-0.15, -0.1) is 0 Å². The SMILES string of the molecule is CC(C)(OC(=O)C(=O)CCC(=O)O)C(=O)O. The van der Waals surface area contributed by atoms with Crippen LogP contribution in [0, 0.1) is 0 Å². The van der Waals surface area contributed by atoms with E-state index in [1.807, 2.05) is 0 Å². The average molecular weight is 232 g/mol. The maximum atomic E-state index is 11.0. The number of carbonyl (C=O) groups is 4. The first kappa shape index (κ1) is 14.1. The highest BCUT2D eigenvalue weighted by molar-refractivity contribution is 6.34. The van der Waals surface area contributed by atoms with E-state index < -0.39 is 42.1 Å². The molecule has 16 heavy (non-hydrogen) atoms. The molecular formula is C9H12O7. The van der Waals surface area contributed by atoms with Crippen LogP contribution in [0.25, 0.3) is 0 Å². The van der Waals surface area contributed by atoms with Crippen molar-refractivity contribution in [2.75, 3.05) is 0 Å². The van der Waals surface area contributed by atoms with Crippen LogP contribution in [-0.2, 0) is 23.9 Å². The minimum Gasteiger partial charge on any atom is -0.481 e. The number of carboxylic acid groups (broad SMARTS) is 2. The minimum atomic E-state index is -1.81. The van der Waals surface area contributed by atoms with Gasteiger partial charge in [0.1, 0.15) is 0 Å². The van der Waals surface area contributed by atoms with Gasteiger partial charge in [0.25, 0.3) is 0 Å². The largest absolute Gasteiger partial charge is 0.481 e. The molecule has 7 heteroatoms. The summed E-state index contributed by atoms with van der Waals surface area (Å²) in [6.07, 6.45) is -1.01. The molecule has 0 radical (unpaired) electrons. The van der Waals surface area contributed by atoms with Gasteiger partial charge in [0.05, 0.1) is 6.42 Å². The first-order valence-corrected chi connectivity index (χ1v) is 4.38. The Hall–Kier alpha value is -1.92. The third-order valence-corrected chi connectivity index (χ3v) is 1.66. The summed E-state index contributed by atoms with van der Waals surface area (Å²) in [6, 6.07) is 0. The summed E-state index contributed by atoms with van der Waals surface area (Å²) in [5.41, 5.74) is -1.81. The lowest BCUT2D eigenvalue weighted by Gasteiger charge is -2.19. The molecule has 90 valence electrons. The van der Waals surface area contributed by atoms with Gasteiger partial charge in [-0.1, -0.05) is 0 Å². The van der Waals surface area contributed by atoms with Gasteiger partial charge in [0.2, 0.25) is 11.4 Å². The van der Waals surface area contributed by atoms with Crippen molar-refractivity contribution in [1.29, 1.82) is 0 Å². The van der Waals surface area contributed by atoms with Gasteiger partial charge in [0.15, 0.2) is 0 Å². The Morgan fingerprint density at radius 3 is 1.94 bits per heavy atom. The van der Waals surface area contributed by atoms with Gasteiger partial charge in [-0.2, -0.15) is 0 Å². The third kappa shape index (κ3) is 4.54. The fourth-order valence-corrected chi connectivity index (χ4v) is 0.655. The van der Waals surface area contributed by atoms with Crippen LogP contribution < -0.4 is 0 Å². The van der Waals surface area contributed by atoms with Gasteiger partial charge in [0, 0.05) is 6.42 Å². The van der Waals surface area contributed by atoms with Crippen LogP contribution in [0.2, 0.25) is 0 Å². The molecule has 0 saturated heterocycles. The van der Waals surface area contributed by atoms with E-state index in [1.165, 1.54) is 0 Å². The molecule has 0 aromatic carbocycles. The van der Waals surface area contributed by atoms with Crippen LogP contribution in [0.1, 0.15) is 26.7 Å². The van der Waals surface area contributed by atoms with Crippen LogP contribution in [-0.4, -0.2) is 39.5 Å². The molecule has 0 aliphatic heterocycles. The Morgan fingerprint density at radius 1 is 1.06 bits per heavy atom. The van der Waals surface area contributed by atoms with E-state index in [9.17, 15) is 19.2 Å². The molecule has 2 N–H and O–H groups in total. The third-order valence-electron chi connectivity index (χ3n) is 1.66. The van der Waals surface area contributed by atoms with Crippen molar-refractivity contribution in [1.82, 2.24) is 0 Å². The maximum Gasteiger partial charge on any atom is 0.375 e. The molecule has 0 bridgehead atoms. The Bertz CT molecular complexity index is 329. The number of ether oxygens (including phenoxy) is 1. The number of ketones is 1. The van der Waals surface area contributed by atoms with E-state index in [0.29, 0.717) is 0 Å². The summed E-state index contributed by atoms with van der Waals surface area (Å²) in [5, 5.41) is 16.9. The highest BCUT2D eigenvalue weighted by Crippen LogP contribution is 2.10. The molecule has 0 atom stereocenters. The van der Waals surface area contributed by atoms with Gasteiger partial charge in [-0.05, 0) is 13.8 Å². The Kier molecular flexibility index (Phi) is 4.61. The van der Waals surface area contributed by atoms with E-state index in [4.69, 9.17) is 10.2 Å². The number of hydrogen-bond donors (Lipinski definition) is 2. The number of aliphatic carboxylic acids is 2. The Morgan fingerprint density at radius 2 is 1.56 bits per heavy atom. The molecule has 0 amide bonds. The normalized spacial score (nSPS) is 10.6. The van der Waals surface area contributed by atoms with Gasteiger partial charge < -0.3 is 14.9 Å². The molecule has 0 rings (SSSR count). The van der Waals surface area contributed by atoms with Crippen molar-refractivity contribution >= 4 is 23.7 Å². The molecule has 0 aromatic heterocycles. The standard InChI is InChI=1S/C9H12O7/c1-9(2,8(14)15)16-7(13)5(10)3-4-6(11)12/h3-4H2,1-2H3,(H,11,12)(H,14,15). The lowest BCUT2D eigenvalue weighted by atomic mass is 10.1. The summed E-state index contributed by atoms with van der Waals surface area (Å²) >= 11 is 0. The molecular weight excluding hydrogens is 220 g/mol. The van der Waals surface area contributed by atoms with Crippen molar-refractivity contribution in [3.8, 4) is 0 Å². The molecule has 0 unspecified atom stereocenters. The summed E-state index contributed by atoms with van der Waals surface area (Å²) in [6.45, 7) is 2.22. The first-order chi connectivity index (χ1) is 7.16. The highest BCUT2D eigenvalue weighted by atomic mass is 16.6. The Labute approximate surface area is 91.0 Å². The van der Waals surface area contributed by atoms with Crippen molar-refractivity contribution < 1.29 is 34.1 Å². The van der Waals surface area contributed by atoms with Crippen LogP contribution in [0.3, 0.4) is 0 Å². The predicted molar refractivity (Wildman–Crippen MR) is 49.7 cm³/mol. The molecule has 7 nitrogen and oxygen atoms in total. The van der Waals surface area contributed by atoms with Crippen LogP contribution in [0.4, 0.5) is 0 Å². The van der Waals surface area contributed by atoms with E-state index in [0.717, 1.165) is 13.8 Å². The molecule has 0 saturated carbocycles. The lowest BCUT2D eigenvalue weighted by molar-refractivity contribution is -0.176. The van der Waals surface area contributed by atoms with Crippen molar-refractivity contribution in [3.05, 3.63) is 0 Å². The number of rotatable bonds is 6. The summed E-state index contributed by atoms with van der Waals surface area (Å²) in [4.78, 5) is 42.7. The van der Waals surface area contributed by atoms with E-state index in [-0.39, 0.29) is 0 Å². The van der Waals surface area contributed by atoms with E-state index in [1.54, 1.807) is 0 Å². The second-order valence-electron chi connectivity index (χ2n) is 3.52. The number of carboxylic acids is 2. The lowest BCUT2D eigenvalue weighted by Crippen LogP contribution is -2.39. The maximum absolute atomic E-state index is 11.0. The summed E-state index contributed by atoms with van der Waals surface area (Å²) in [7, 11) is 0. The molecule has 0 aromatic rings. The second kappa shape index (κ2) is 5.24. The van der Waals surface area contributed by atoms with E-state index >= 15 is 0 Å². The molecule has 0 aliphatic rings. The highest BCUT2D eigenvalue weighted by Gasteiger charge is 2.33. The number of esters is 1. The zero-order valence-corrected chi connectivity index (χ0v) is 8.85. The zero-order valence-electron chi connectivity index (χ0n) is 8.85. The van der Waals surface area contributed by atoms with Gasteiger partial charge >= 0.3 is 17.9 Å². The van der Waals surface area contributed by atoms with Crippen molar-refractivity contribution in [2.24, 2.45) is 0 Å². The fraction of sp³-hybridized carbons (Fsp3) is 0.556. The van der Waals surface area contributed by atoms with Crippen LogP contribution in [0.5, 0.6) is 0 Å². The van der Waals surface area contributed by atoms with Gasteiger partial charge in [-0.25, -0.2) is 9.59 Å². The number of carbonyl (C=O) groups excluding carboxylic acids is 2. The van der Waals surface area contributed by atoms with Crippen molar-refractivity contribution in [2.45, 2.75) is 32.3 Å². The molecule has 0 heterocycles. The van der Waals surface area contributed by atoms with Gasteiger partial charge in [-0.3, -0.25) is 9.59 Å². The molecule has 0 spiro atoms. The van der Waals surface area contributed by atoms with Crippen molar-refractivity contribution in [3.63, 3.8) is 0 Å². The minimum absolute atomic E-state index is 0.499. The fourth-order valence-electron chi connectivity index (χ4n) is 0.655. The quantitative estimate of drug-likeness (QED) is 0.482. The van der Waals surface area contributed by atoms with Crippen LogP contribution >= 0.6 is 0 Å². The predicted octanol–water partition coefficient (Wildman–Crippen LogP) is -0.173. The summed E-state index contributed by atoms with van der Waals surface area (Å²) in [5.74, 6) is -5.02. The summed E-state index contributed by atoms with van der Waals surface area (Å²) < 4.78 is 4.41. The second-order valence-corrected chi connectivity index (χ2v) is 3.52. The van der Waals surface area contributed by atoms with Crippen LogP contribution in [0.15, 0.2) is 0 Å². The molecule has 0 fully saturated rings. The Balaban J connectivity index is 4.31.